The first-order valence-corrected chi connectivity index (χ1v) is 5.76. The molecular weight excluding hydrogens is 228 g/mol. The van der Waals surface area contributed by atoms with E-state index in [1.807, 2.05) is 0 Å². The first kappa shape index (κ1) is 15.7. The van der Waals surface area contributed by atoms with Gasteiger partial charge in [-0.3, -0.25) is 4.79 Å². The number of nitrogens with one attached hydrogen (secondary N) is 1. The zero-order chi connectivity index (χ0) is 11.1. The number of unbranched alkanes of at least 4 members (excludes halogenated alkanes) is 1. The van der Waals surface area contributed by atoms with Crippen molar-refractivity contribution in [2.24, 2.45) is 11.7 Å². The molecule has 3 N–H and O–H groups in total. The highest BCUT2D eigenvalue weighted by Gasteiger charge is 2.27. The Bertz CT molecular complexity index is 202. The van der Waals surface area contributed by atoms with Crippen LogP contribution in [0.15, 0.2) is 0 Å². The molecule has 0 aromatic rings. The monoisotopic (exact) mass is 250 g/mol. The number of hydrogen-bond acceptors (Lipinski definition) is 3. The molecule has 2 atom stereocenters. The minimum atomic E-state index is 0. The molecule has 5 heteroatoms. The van der Waals surface area contributed by atoms with Crippen LogP contribution in [0.5, 0.6) is 0 Å². The van der Waals surface area contributed by atoms with E-state index in [2.05, 4.69) is 5.32 Å². The molecule has 0 aromatic carbocycles. The van der Waals surface area contributed by atoms with Crippen LogP contribution in [-0.4, -0.2) is 32.2 Å². The maximum absolute atomic E-state index is 11.6. The summed E-state index contributed by atoms with van der Waals surface area (Å²) in [6, 6.07) is 0.231. The van der Waals surface area contributed by atoms with Crippen LogP contribution >= 0.6 is 12.4 Å². The van der Waals surface area contributed by atoms with E-state index in [4.69, 9.17) is 10.5 Å². The number of rotatable bonds is 6. The lowest BCUT2D eigenvalue weighted by Crippen LogP contribution is -2.31. The summed E-state index contributed by atoms with van der Waals surface area (Å²) >= 11 is 0. The van der Waals surface area contributed by atoms with Crippen LogP contribution in [0.4, 0.5) is 0 Å². The molecule has 0 aliphatic heterocycles. The van der Waals surface area contributed by atoms with Crippen LogP contribution in [-0.2, 0) is 9.53 Å². The number of nitrogens with two attached hydrogens (primary N) is 1. The van der Waals surface area contributed by atoms with Crippen molar-refractivity contribution in [1.29, 1.82) is 0 Å². The van der Waals surface area contributed by atoms with E-state index >= 15 is 0 Å². The maximum atomic E-state index is 11.6. The summed E-state index contributed by atoms with van der Waals surface area (Å²) in [5, 5.41) is 2.95. The van der Waals surface area contributed by atoms with Gasteiger partial charge in [-0.25, -0.2) is 0 Å². The minimum Gasteiger partial charge on any atom is -0.385 e. The van der Waals surface area contributed by atoms with Crippen LogP contribution in [0.2, 0.25) is 0 Å². The standard InChI is InChI=1S/C11H22N2O2.ClH/c1-15-7-3-2-6-13-11(14)9-4-5-10(12)8-9;/h9-10H,2-8,12H2,1H3,(H,13,14);1H. The Morgan fingerprint density at radius 1 is 1.44 bits per heavy atom. The van der Waals surface area contributed by atoms with Crippen LogP contribution in [0.3, 0.4) is 0 Å². The summed E-state index contributed by atoms with van der Waals surface area (Å²) in [5.41, 5.74) is 5.76. The Morgan fingerprint density at radius 3 is 2.75 bits per heavy atom. The summed E-state index contributed by atoms with van der Waals surface area (Å²) in [4.78, 5) is 11.6. The van der Waals surface area contributed by atoms with E-state index in [1.54, 1.807) is 7.11 Å². The largest absolute Gasteiger partial charge is 0.385 e. The van der Waals surface area contributed by atoms with E-state index < -0.39 is 0 Å². The molecule has 0 spiro atoms. The molecule has 0 saturated heterocycles. The van der Waals surface area contributed by atoms with Gasteiger partial charge < -0.3 is 15.8 Å². The van der Waals surface area contributed by atoms with Crippen molar-refractivity contribution >= 4 is 18.3 Å². The third-order valence-corrected chi connectivity index (χ3v) is 2.92. The van der Waals surface area contributed by atoms with Gasteiger partial charge >= 0.3 is 0 Å². The van der Waals surface area contributed by atoms with Crippen molar-refractivity contribution < 1.29 is 9.53 Å². The Labute approximate surface area is 104 Å². The number of carbonyl (C=O) groups is 1. The fourth-order valence-corrected chi connectivity index (χ4v) is 1.98. The van der Waals surface area contributed by atoms with E-state index in [1.165, 1.54) is 0 Å². The highest BCUT2D eigenvalue weighted by molar-refractivity contribution is 5.85. The van der Waals surface area contributed by atoms with Gasteiger partial charge in [-0.15, -0.1) is 12.4 Å². The van der Waals surface area contributed by atoms with Gasteiger partial charge in [0.2, 0.25) is 5.91 Å². The molecule has 1 aliphatic carbocycles. The smallest absolute Gasteiger partial charge is 0.223 e. The Kier molecular flexibility index (Phi) is 8.61. The Morgan fingerprint density at radius 2 is 2.19 bits per heavy atom. The molecule has 0 bridgehead atoms. The molecule has 1 amide bonds. The van der Waals surface area contributed by atoms with Gasteiger partial charge in [-0.2, -0.15) is 0 Å². The number of halogens is 1. The number of ether oxygens (including phenoxy) is 1. The van der Waals surface area contributed by atoms with Gasteiger partial charge in [0, 0.05) is 32.2 Å². The molecule has 0 heterocycles. The third-order valence-electron chi connectivity index (χ3n) is 2.92. The molecule has 2 unspecified atom stereocenters. The highest BCUT2D eigenvalue weighted by Crippen LogP contribution is 2.23. The van der Waals surface area contributed by atoms with Gasteiger partial charge in [-0.1, -0.05) is 0 Å². The second-order valence-corrected chi connectivity index (χ2v) is 4.26. The topological polar surface area (TPSA) is 64.3 Å². The van der Waals surface area contributed by atoms with Crippen molar-refractivity contribution in [3.05, 3.63) is 0 Å². The summed E-state index contributed by atoms with van der Waals surface area (Å²) in [5.74, 6) is 0.336. The van der Waals surface area contributed by atoms with Crippen LogP contribution in [0.1, 0.15) is 32.1 Å². The lowest BCUT2D eigenvalue weighted by atomic mass is 10.1. The molecule has 1 saturated carbocycles. The first-order valence-electron chi connectivity index (χ1n) is 5.76. The van der Waals surface area contributed by atoms with Gasteiger partial charge in [0.15, 0.2) is 0 Å². The fourth-order valence-electron chi connectivity index (χ4n) is 1.98. The third kappa shape index (κ3) is 5.68. The van der Waals surface area contributed by atoms with E-state index in [0.29, 0.717) is 0 Å². The van der Waals surface area contributed by atoms with E-state index in [0.717, 1.165) is 45.3 Å². The number of methoxy groups -OCH3 is 1. The zero-order valence-corrected chi connectivity index (χ0v) is 10.7. The summed E-state index contributed by atoms with van der Waals surface area (Å²) < 4.78 is 4.93. The van der Waals surface area contributed by atoms with Crippen LogP contribution in [0, 0.1) is 5.92 Å². The SMILES string of the molecule is COCCCCNC(=O)C1CCC(N)C1.Cl. The second kappa shape index (κ2) is 8.79. The average molecular weight is 251 g/mol. The number of amides is 1. The summed E-state index contributed by atoms with van der Waals surface area (Å²) in [6.45, 7) is 1.53. The maximum Gasteiger partial charge on any atom is 0.223 e. The molecule has 0 radical (unpaired) electrons. The molecule has 0 aromatic heterocycles. The molecule has 1 rings (SSSR count). The number of hydrogen-bond donors (Lipinski definition) is 2. The van der Waals surface area contributed by atoms with Crippen molar-refractivity contribution in [1.82, 2.24) is 5.32 Å². The predicted molar refractivity (Wildman–Crippen MR) is 66.7 cm³/mol. The molecule has 4 nitrogen and oxygen atoms in total. The lowest BCUT2D eigenvalue weighted by Gasteiger charge is -2.10. The molecule has 96 valence electrons. The van der Waals surface area contributed by atoms with Gasteiger partial charge in [0.05, 0.1) is 0 Å². The normalized spacial score (nSPS) is 23.9. The summed E-state index contributed by atoms with van der Waals surface area (Å²) in [7, 11) is 1.69. The Hall–Kier alpha value is -0.320. The molecule has 1 aliphatic rings. The van der Waals surface area contributed by atoms with Crippen LogP contribution in [0.25, 0.3) is 0 Å². The molecule has 1 fully saturated rings. The predicted octanol–water partition coefficient (Wildman–Crippen LogP) is 1.08. The van der Waals surface area contributed by atoms with Gasteiger partial charge in [0.25, 0.3) is 0 Å². The first-order chi connectivity index (χ1) is 7.24. The van der Waals surface area contributed by atoms with E-state index in [9.17, 15) is 4.79 Å². The highest BCUT2D eigenvalue weighted by atomic mass is 35.5. The minimum absolute atomic E-state index is 0. The van der Waals surface area contributed by atoms with Gasteiger partial charge in [-0.05, 0) is 32.1 Å². The molecule has 16 heavy (non-hydrogen) atoms. The lowest BCUT2D eigenvalue weighted by molar-refractivity contribution is -0.124. The molecular formula is C11H23ClN2O2. The Balaban J connectivity index is 0.00000225. The number of carbonyl (C=O) groups excluding carboxylic acids is 1. The second-order valence-electron chi connectivity index (χ2n) is 4.26. The fraction of sp³-hybridized carbons (Fsp3) is 0.909. The van der Waals surface area contributed by atoms with Gasteiger partial charge in [0.1, 0.15) is 0 Å². The van der Waals surface area contributed by atoms with Crippen molar-refractivity contribution in [2.75, 3.05) is 20.3 Å². The average Bonchev–Trinajstić information content (AvgIpc) is 2.64. The zero-order valence-electron chi connectivity index (χ0n) is 9.91. The quantitative estimate of drug-likeness (QED) is 0.694. The van der Waals surface area contributed by atoms with Crippen molar-refractivity contribution in [3.8, 4) is 0 Å². The van der Waals surface area contributed by atoms with Crippen molar-refractivity contribution in [3.63, 3.8) is 0 Å². The van der Waals surface area contributed by atoms with E-state index in [-0.39, 0.29) is 30.3 Å². The van der Waals surface area contributed by atoms with Crippen molar-refractivity contribution in [2.45, 2.75) is 38.1 Å². The van der Waals surface area contributed by atoms with Crippen LogP contribution < -0.4 is 11.1 Å². The summed E-state index contributed by atoms with van der Waals surface area (Å²) in [6.07, 6.45) is 4.77.